The van der Waals surface area contributed by atoms with Gasteiger partial charge in [0.15, 0.2) is 0 Å². The van der Waals surface area contributed by atoms with E-state index in [1.165, 1.54) is 27.4 Å². The van der Waals surface area contributed by atoms with Crippen LogP contribution in [0.25, 0.3) is 21.8 Å². The molecule has 0 saturated heterocycles. The zero-order valence-corrected chi connectivity index (χ0v) is 10.8. The predicted molar refractivity (Wildman–Crippen MR) is 74.9 cm³/mol. The molecule has 0 bridgehead atoms. The number of benzene rings is 2. The van der Waals surface area contributed by atoms with Crippen LogP contribution >= 0.6 is 11.6 Å². The summed E-state index contributed by atoms with van der Waals surface area (Å²) in [6, 6.07) is 12.6. The lowest BCUT2D eigenvalue weighted by atomic mass is 10.1. The number of para-hydroxylation sites is 1. The second kappa shape index (κ2) is 3.78. The number of hydrogen-bond acceptors (Lipinski definition) is 0. The second-order valence-corrected chi connectivity index (χ2v) is 4.74. The molecule has 3 rings (SSSR count). The summed E-state index contributed by atoms with van der Waals surface area (Å²) in [5.74, 6) is 0. The van der Waals surface area contributed by atoms with Crippen LogP contribution in [0.2, 0.25) is 5.02 Å². The molecule has 2 heteroatoms. The van der Waals surface area contributed by atoms with Crippen LogP contribution in [-0.4, -0.2) is 4.57 Å². The summed E-state index contributed by atoms with van der Waals surface area (Å²) in [7, 11) is 0. The van der Waals surface area contributed by atoms with Gasteiger partial charge in [0.2, 0.25) is 0 Å². The van der Waals surface area contributed by atoms with Crippen molar-refractivity contribution < 1.29 is 0 Å². The molecule has 0 atom stereocenters. The Balaban J connectivity index is 2.63. The molecule has 0 aliphatic carbocycles. The Labute approximate surface area is 106 Å². The summed E-state index contributed by atoms with van der Waals surface area (Å²) in [4.78, 5) is 0. The third-order valence-corrected chi connectivity index (χ3v) is 3.85. The van der Waals surface area contributed by atoms with Gasteiger partial charge in [0.25, 0.3) is 0 Å². The van der Waals surface area contributed by atoms with Crippen LogP contribution in [0.5, 0.6) is 0 Å². The van der Waals surface area contributed by atoms with Crippen LogP contribution in [0.3, 0.4) is 0 Å². The summed E-state index contributed by atoms with van der Waals surface area (Å²) in [5.41, 5.74) is 3.72. The minimum absolute atomic E-state index is 0.843. The Morgan fingerprint density at radius 3 is 2.59 bits per heavy atom. The molecule has 0 N–H and O–H groups in total. The van der Waals surface area contributed by atoms with Crippen molar-refractivity contribution in [2.45, 2.75) is 20.4 Å². The van der Waals surface area contributed by atoms with Crippen molar-refractivity contribution in [1.82, 2.24) is 4.57 Å². The molecule has 0 saturated carbocycles. The van der Waals surface area contributed by atoms with Crippen LogP contribution in [0.1, 0.15) is 12.5 Å². The third kappa shape index (κ3) is 1.39. The number of aryl methyl sites for hydroxylation is 2. The lowest BCUT2D eigenvalue weighted by Gasteiger charge is -2.06. The summed E-state index contributed by atoms with van der Waals surface area (Å²) in [6.07, 6.45) is 0. The Hall–Kier alpha value is -1.47. The van der Waals surface area contributed by atoms with Crippen molar-refractivity contribution in [2.24, 2.45) is 0 Å². The molecule has 0 aliphatic heterocycles. The Bertz CT molecular complexity index is 710. The number of hydrogen-bond donors (Lipinski definition) is 0. The maximum Gasteiger partial charge on any atom is 0.0535 e. The van der Waals surface area contributed by atoms with Gasteiger partial charge in [0.05, 0.1) is 5.52 Å². The smallest absolute Gasteiger partial charge is 0.0535 e. The SMILES string of the molecule is CCn1c2ccccc2c2ccc(Cl)c(C)c21. The molecular formula is C15H14ClN. The number of rotatable bonds is 1. The number of nitrogens with zero attached hydrogens (tertiary/aromatic N) is 1. The van der Waals surface area contributed by atoms with E-state index in [2.05, 4.69) is 48.7 Å². The monoisotopic (exact) mass is 243 g/mol. The van der Waals surface area contributed by atoms with Crippen molar-refractivity contribution in [1.29, 1.82) is 0 Å². The van der Waals surface area contributed by atoms with Gasteiger partial charge in [-0.05, 0) is 31.5 Å². The molecule has 1 aromatic heterocycles. The summed E-state index contributed by atoms with van der Waals surface area (Å²) in [6.45, 7) is 5.23. The molecular weight excluding hydrogens is 230 g/mol. The van der Waals surface area contributed by atoms with E-state index in [-0.39, 0.29) is 0 Å². The molecule has 0 aliphatic rings. The molecule has 0 spiro atoms. The number of halogens is 1. The van der Waals surface area contributed by atoms with E-state index in [1.54, 1.807) is 0 Å². The molecule has 0 fully saturated rings. The van der Waals surface area contributed by atoms with Gasteiger partial charge in [-0.15, -0.1) is 0 Å². The Kier molecular flexibility index (Phi) is 2.37. The lowest BCUT2D eigenvalue weighted by Crippen LogP contribution is -1.94. The first-order chi connectivity index (χ1) is 8.24. The second-order valence-electron chi connectivity index (χ2n) is 4.33. The van der Waals surface area contributed by atoms with Gasteiger partial charge in [0, 0.05) is 27.9 Å². The highest BCUT2D eigenvalue weighted by Gasteiger charge is 2.12. The first-order valence-electron chi connectivity index (χ1n) is 5.90. The molecule has 86 valence electrons. The van der Waals surface area contributed by atoms with Gasteiger partial charge in [-0.1, -0.05) is 35.9 Å². The van der Waals surface area contributed by atoms with E-state index in [9.17, 15) is 0 Å². The van der Waals surface area contributed by atoms with E-state index in [4.69, 9.17) is 11.6 Å². The van der Waals surface area contributed by atoms with E-state index in [1.807, 2.05) is 6.07 Å². The molecule has 1 heterocycles. The molecule has 17 heavy (non-hydrogen) atoms. The van der Waals surface area contributed by atoms with E-state index in [0.29, 0.717) is 0 Å². The van der Waals surface area contributed by atoms with Gasteiger partial charge in [0.1, 0.15) is 0 Å². The van der Waals surface area contributed by atoms with E-state index in [0.717, 1.165) is 11.6 Å². The van der Waals surface area contributed by atoms with Crippen molar-refractivity contribution in [3.8, 4) is 0 Å². The van der Waals surface area contributed by atoms with Crippen molar-refractivity contribution in [2.75, 3.05) is 0 Å². The largest absolute Gasteiger partial charge is 0.340 e. The van der Waals surface area contributed by atoms with Gasteiger partial charge in [-0.25, -0.2) is 0 Å². The van der Waals surface area contributed by atoms with Crippen LogP contribution in [0.15, 0.2) is 36.4 Å². The van der Waals surface area contributed by atoms with Crippen molar-refractivity contribution in [3.63, 3.8) is 0 Å². The molecule has 0 amide bonds. The third-order valence-electron chi connectivity index (χ3n) is 3.44. The van der Waals surface area contributed by atoms with Crippen molar-refractivity contribution in [3.05, 3.63) is 47.0 Å². The summed E-state index contributed by atoms with van der Waals surface area (Å²) in [5, 5.41) is 3.45. The van der Waals surface area contributed by atoms with Gasteiger partial charge in [-0.3, -0.25) is 0 Å². The van der Waals surface area contributed by atoms with Crippen LogP contribution < -0.4 is 0 Å². The maximum absolute atomic E-state index is 6.23. The van der Waals surface area contributed by atoms with Crippen LogP contribution in [0, 0.1) is 6.92 Å². The first kappa shape index (κ1) is 10.7. The van der Waals surface area contributed by atoms with Crippen LogP contribution in [0.4, 0.5) is 0 Å². The highest BCUT2D eigenvalue weighted by Crippen LogP contribution is 2.33. The zero-order valence-electron chi connectivity index (χ0n) is 10.00. The Morgan fingerprint density at radius 1 is 1.06 bits per heavy atom. The number of aromatic nitrogens is 1. The first-order valence-corrected chi connectivity index (χ1v) is 6.28. The molecule has 0 radical (unpaired) electrons. The van der Waals surface area contributed by atoms with Gasteiger partial charge < -0.3 is 4.57 Å². The average Bonchev–Trinajstić information content (AvgIpc) is 2.68. The zero-order chi connectivity index (χ0) is 12.0. The average molecular weight is 244 g/mol. The quantitative estimate of drug-likeness (QED) is 0.580. The highest BCUT2D eigenvalue weighted by atomic mass is 35.5. The predicted octanol–water partition coefficient (Wildman–Crippen LogP) is 4.78. The van der Waals surface area contributed by atoms with Crippen molar-refractivity contribution >= 4 is 33.4 Å². The molecule has 2 aromatic carbocycles. The van der Waals surface area contributed by atoms with Gasteiger partial charge >= 0.3 is 0 Å². The summed E-state index contributed by atoms with van der Waals surface area (Å²) >= 11 is 6.23. The molecule has 0 unspecified atom stereocenters. The summed E-state index contributed by atoms with van der Waals surface area (Å²) < 4.78 is 2.34. The fraction of sp³-hybridized carbons (Fsp3) is 0.200. The maximum atomic E-state index is 6.23. The van der Waals surface area contributed by atoms with Crippen LogP contribution in [-0.2, 0) is 6.54 Å². The minimum Gasteiger partial charge on any atom is -0.340 e. The van der Waals surface area contributed by atoms with Gasteiger partial charge in [-0.2, -0.15) is 0 Å². The van der Waals surface area contributed by atoms with E-state index < -0.39 is 0 Å². The normalized spacial score (nSPS) is 11.5. The number of fused-ring (bicyclic) bond motifs is 3. The highest BCUT2D eigenvalue weighted by molar-refractivity contribution is 6.32. The Morgan fingerprint density at radius 2 is 1.82 bits per heavy atom. The molecule has 3 aromatic rings. The van der Waals surface area contributed by atoms with E-state index >= 15 is 0 Å². The fourth-order valence-electron chi connectivity index (χ4n) is 2.63. The topological polar surface area (TPSA) is 4.93 Å². The minimum atomic E-state index is 0.843. The lowest BCUT2D eigenvalue weighted by molar-refractivity contribution is 0.825. The standard InChI is InChI=1S/C15H14ClN/c1-3-17-14-7-5-4-6-11(14)12-8-9-13(16)10(2)15(12)17/h4-9H,3H2,1-2H3. The molecule has 1 nitrogen and oxygen atoms in total. The fourth-order valence-corrected chi connectivity index (χ4v) is 2.78.